The first-order valence-electron chi connectivity index (χ1n) is 9.03. The molecule has 0 aliphatic carbocycles. The number of alkyl carbamates (subject to hydrolysis) is 1. The van der Waals surface area contributed by atoms with Gasteiger partial charge in [0.05, 0.1) is 6.04 Å². The first-order valence-corrected chi connectivity index (χ1v) is 9.03. The van der Waals surface area contributed by atoms with E-state index in [2.05, 4.69) is 46.6 Å². The fraction of sp³-hybridized carbons (Fsp3) is 0.381. The van der Waals surface area contributed by atoms with E-state index in [1.165, 1.54) is 11.1 Å². The highest BCUT2D eigenvalue weighted by Gasteiger charge is 2.50. The van der Waals surface area contributed by atoms with Crippen molar-refractivity contribution in [2.75, 3.05) is 13.1 Å². The zero-order chi connectivity index (χ0) is 17.1. The molecular weight excluding hydrogens is 312 g/mol. The van der Waals surface area contributed by atoms with Gasteiger partial charge in [0.15, 0.2) is 0 Å². The molecule has 0 aromatic heterocycles. The minimum absolute atomic E-state index is 0.0567. The number of hydrogen-bond acceptors (Lipinski definition) is 3. The highest BCUT2D eigenvalue weighted by atomic mass is 16.6. The molecule has 0 bridgehead atoms. The van der Waals surface area contributed by atoms with E-state index >= 15 is 0 Å². The zero-order valence-electron chi connectivity index (χ0n) is 14.4. The summed E-state index contributed by atoms with van der Waals surface area (Å²) in [5, 5.41) is 3.05. The minimum atomic E-state index is -0.361. The third-order valence-electron chi connectivity index (χ3n) is 5.46. The number of nitrogens with zero attached hydrogens (tertiary/aromatic N) is 1. The van der Waals surface area contributed by atoms with Crippen molar-refractivity contribution in [1.82, 2.24) is 10.2 Å². The number of carbonyl (C=O) groups excluding carboxylic acids is 1. The van der Waals surface area contributed by atoms with Crippen LogP contribution in [0.4, 0.5) is 4.79 Å². The average Bonchev–Trinajstić information content (AvgIpc) is 2.94. The van der Waals surface area contributed by atoms with Gasteiger partial charge in [-0.15, -0.1) is 0 Å². The lowest BCUT2D eigenvalue weighted by molar-refractivity contribution is -0.0202. The number of amides is 1. The van der Waals surface area contributed by atoms with Crippen molar-refractivity contribution >= 4 is 6.09 Å². The van der Waals surface area contributed by atoms with Crippen LogP contribution < -0.4 is 5.32 Å². The first kappa shape index (κ1) is 16.2. The fourth-order valence-electron chi connectivity index (χ4n) is 4.03. The van der Waals surface area contributed by atoms with Gasteiger partial charge in [-0.25, -0.2) is 4.79 Å². The Balaban J connectivity index is 1.42. The summed E-state index contributed by atoms with van der Waals surface area (Å²) in [6.07, 6.45) is 2.33. The summed E-state index contributed by atoms with van der Waals surface area (Å²) >= 11 is 0. The summed E-state index contributed by atoms with van der Waals surface area (Å²) in [6.45, 7) is 2.87. The Morgan fingerprint density at radius 3 is 2.20 bits per heavy atom. The normalized spacial score (nSPS) is 22.6. The van der Waals surface area contributed by atoms with Gasteiger partial charge in [0.1, 0.15) is 5.60 Å². The Labute approximate surface area is 148 Å². The van der Waals surface area contributed by atoms with Crippen LogP contribution in [-0.4, -0.2) is 35.7 Å². The molecule has 0 saturated carbocycles. The summed E-state index contributed by atoms with van der Waals surface area (Å²) in [5.74, 6) is 0. The van der Waals surface area contributed by atoms with Crippen LogP contribution in [0.1, 0.15) is 24.0 Å². The maximum atomic E-state index is 11.9. The van der Waals surface area contributed by atoms with Gasteiger partial charge in [-0.3, -0.25) is 4.90 Å². The molecule has 1 atom stereocenters. The number of likely N-dealkylation sites (tertiary alicyclic amines) is 1. The maximum Gasteiger partial charge on any atom is 0.408 e. The van der Waals surface area contributed by atoms with E-state index in [1.807, 2.05) is 24.3 Å². The van der Waals surface area contributed by atoms with Crippen molar-refractivity contribution in [3.05, 3.63) is 71.8 Å². The van der Waals surface area contributed by atoms with Gasteiger partial charge in [0.25, 0.3) is 0 Å². The summed E-state index contributed by atoms with van der Waals surface area (Å²) in [6, 6.07) is 20.9. The van der Waals surface area contributed by atoms with Crippen LogP contribution in [0.25, 0.3) is 0 Å². The molecule has 1 unspecified atom stereocenters. The van der Waals surface area contributed by atoms with Gasteiger partial charge in [-0.1, -0.05) is 60.7 Å². The summed E-state index contributed by atoms with van der Waals surface area (Å²) in [4.78, 5) is 14.4. The van der Waals surface area contributed by atoms with Crippen LogP contribution >= 0.6 is 0 Å². The highest BCUT2D eigenvalue weighted by Crippen LogP contribution is 2.35. The molecule has 0 radical (unpaired) electrons. The smallest absolute Gasteiger partial charge is 0.408 e. The largest absolute Gasteiger partial charge is 0.441 e. The van der Waals surface area contributed by atoms with Gasteiger partial charge in [0, 0.05) is 32.5 Å². The molecule has 2 fully saturated rings. The minimum Gasteiger partial charge on any atom is -0.441 e. The van der Waals surface area contributed by atoms with Crippen LogP contribution in [0.3, 0.4) is 0 Å². The van der Waals surface area contributed by atoms with Crippen LogP contribution in [0.2, 0.25) is 0 Å². The molecule has 2 aromatic carbocycles. The molecule has 1 N–H and O–H groups in total. The highest BCUT2D eigenvalue weighted by molar-refractivity contribution is 5.71. The third kappa shape index (κ3) is 3.54. The van der Waals surface area contributed by atoms with E-state index in [0.717, 1.165) is 38.9 Å². The second kappa shape index (κ2) is 6.89. The molecular formula is C21H24N2O2. The lowest BCUT2D eigenvalue weighted by Crippen LogP contribution is -2.52. The van der Waals surface area contributed by atoms with Gasteiger partial charge in [0.2, 0.25) is 0 Å². The third-order valence-corrected chi connectivity index (χ3v) is 5.46. The predicted molar refractivity (Wildman–Crippen MR) is 97.2 cm³/mol. The molecule has 2 aromatic rings. The number of hydrogen-bond donors (Lipinski definition) is 1. The van der Waals surface area contributed by atoms with Crippen LogP contribution in [0, 0.1) is 0 Å². The monoisotopic (exact) mass is 336 g/mol. The van der Waals surface area contributed by atoms with Crippen molar-refractivity contribution in [3.8, 4) is 0 Å². The lowest BCUT2D eigenvalue weighted by Gasteiger charge is -2.40. The average molecular weight is 336 g/mol. The Morgan fingerprint density at radius 2 is 1.56 bits per heavy atom. The standard InChI is InChI=1S/C21H24N2O2/c24-20-22-19(15-17-7-3-1-4-8-17)21(25-20)11-13-23(14-12-21)16-18-9-5-2-6-10-18/h1-10,19H,11-16H2,(H,22,24). The number of piperidine rings is 1. The Kier molecular flexibility index (Phi) is 4.45. The quantitative estimate of drug-likeness (QED) is 0.931. The van der Waals surface area contributed by atoms with E-state index in [9.17, 15) is 4.79 Å². The van der Waals surface area contributed by atoms with Gasteiger partial charge in [-0.05, 0) is 17.5 Å². The fourth-order valence-corrected chi connectivity index (χ4v) is 4.03. The summed E-state index contributed by atoms with van der Waals surface area (Å²) < 4.78 is 5.80. The molecule has 130 valence electrons. The molecule has 2 aliphatic heterocycles. The molecule has 2 heterocycles. The van der Waals surface area contributed by atoms with Crippen molar-refractivity contribution in [2.24, 2.45) is 0 Å². The lowest BCUT2D eigenvalue weighted by atomic mass is 9.82. The molecule has 25 heavy (non-hydrogen) atoms. The predicted octanol–water partition coefficient (Wildman–Crippen LogP) is 3.37. The van der Waals surface area contributed by atoms with Crippen LogP contribution in [0.5, 0.6) is 0 Å². The van der Waals surface area contributed by atoms with Crippen molar-refractivity contribution < 1.29 is 9.53 Å². The molecule has 4 heteroatoms. The number of ether oxygens (including phenoxy) is 1. The van der Waals surface area contributed by atoms with E-state index in [4.69, 9.17) is 4.74 Å². The van der Waals surface area contributed by atoms with Gasteiger partial charge >= 0.3 is 6.09 Å². The number of carbonyl (C=O) groups is 1. The Hall–Kier alpha value is -2.33. The maximum absolute atomic E-state index is 11.9. The van der Waals surface area contributed by atoms with Crippen molar-refractivity contribution in [3.63, 3.8) is 0 Å². The van der Waals surface area contributed by atoms with Gasteiger partial charge in [-0.2, -0.15) is 0 Å². The molecule has 2 saturated heterocycles. The first-order chi connectivity index (χ1) is 12.2. The van der Waals surface area contributed by atoms with Crippen molar-refractivity contribution in [2.45, 2.75) is 37.5 Å². The molecule has 4 nitrogen and oxygen atoms in total. The van der Waals surface area contributed by atoms with Crippen LogP contribution in [0.15, 0.2) is 60.7 Å². The SMILES string of the molecule is O=C1NC(Cc2ccccc2)C2(CCN(Cc3ccccc3)CC2)O1. The number of rotatable bonds is 4. The molecule has 2 aliphatic rings. The van der Waals surface area contributed by atoms with E-state index in [-0.39, 0.29) is 17.7 Å². The Bertz CT molecular complexity index is 709. The molecule has 1 spiro atoms. The zero-order valence-corrected chi connectivity index (χ0v) is 14.4. The van der Waals surface area contributed by atoms with E-state index in [0.29, 0.717) is 0 Å². The second-order valence-electron chi connectivity index (χ2n) is 7.10. The summed E-state index contributed by atoms with van der Waals surface area (Å²) in [7, 11) is 0. The summed E-state index contributed by atoms with van der Waals surface area (Å²) in [5.41, 5.74) is 2.21. The van der Waals surface area contributed by atoms with Gasteiger partial charge < -0.3 is 10.1 Å². The van der Waals surface area contributed by atoms with E-state index in [1.54, 1.807) is 0 Å². The van der Waals surface area contributed by atoms with E-state index < -0.39 is 0 Å². The van der Waals surface area contributed by atoms with Crippen molar-refractivity contribution in [1.29, 1.82) is 0 Å². The molecule has 1 amide bonds. The number of nitrogens with one attached hydrogen (secondary N) is 1. The van der Waals surface area contributed by atoms with Crippen LogP contribution in [-0.2, 0) is 17.7 Å². The topological polar surface area (TPSA) is 41.6 Å². The molecule has 4 rings (SSSR count). The Morgan fingerprint density at radius 1 is 0.960 bits per heavy atom. The second-order valence-corrected chi connectivity index (χ2v) is 7.10. The number of benzene rings is 2.